The van der Waals surface area contributed by atoms with E-state index in [1.165, 1.54) is 12.5 Å². The van der Waals surface area contributed by atoms with E-state index in [0.717, 1.165) is 0 Å². The minimum Gasteiger partial charge on any atom is -0.446 e. The SMILES string of the molecule is Cc1nnc(C)occo1. The van der Waals surface area contributed by atoms with Crippen LogP contribution >= 0.6 is 0 Å². The third kappa shape index (κ3) is 1.89. The summed E-state index contributed by atoms with van der Waals surface area (Å²) >= 11 is 0. The first-order valence-corrected chi connectivity index (χ1v) is 2.86. The van der Waals surface area contributed by atoms with E-state index in [0.29, 0.717) is 11.8 Å². The number of nitrogens with zero attached hydrogens (tertiary/aromatic N) is 2. The highest BCUT2D eigenvalue weighted by Crippen LogP contribution is 1.88. The van der Waals surface area contributed by atoms with Crippen molar-refractivity contribution >= 4 is 0 Å². The summed E-state index contributed by atoms with van der Waals surface area (Å²) in [4.78, 5) is 0. The molecule has 10 heavy (non-hydrogen) atoms. The van der Waals surface area contributed by atoms with Crippen LogP contribution in [0.2, 0.25) is 0 Å². The molecule has 54 valence electrons. The van der Waals surface area contributed by atoms with Crippen molar-refractivity contribution in [3.05, 3.63) is 24.3 Å². The Labute approximate surface area is 58.2 Å². The Morgan fingerprint density at radius 2 is 1.40 bits per heavy atom. The van der Waals surface area contributed by atoms with E-state index in [1.54, 1.807) is 13.8 Å². The lowest BCUT2D eigenvalue weighted by atomic mass is 10.8. The van der Waals surface area contributed by atoms with Gasteiger partial charge in [-0.05, 0) is 0 Å². The molecule has 1 aromatic rings. The smallest absolute Gasteiger partial charge is 0.211 e. The molecule has 0 aliphatic carbocycles. The largest absolute Gasteiger partial charge is 0.446 e. The maximum atomic E-state index is 4.87. The van der Waals surface area contributed by atoms with Crippen molar-refractivity contribution in [2.75, 3.05) is 0 Å². The molecule has 0 aliphatic heterocycles. The van der Waals surface area contributed by atoms with Gasteiger partial charge >= 0.3 is 0 Å². The third-order valence-electron chi connectivity index (χ3n) is 0.864. The third-order valence-corrected chi connectivity index (χ3v) is 0.864. The zero-order chi connectivity index (χ0) is 7.40. The van der Waals surface area contributed by atoms with E-state index in [1.807, 2.05) is 0 Å². The van der Waals surface area contributed by atoms with Gasteiger partial charge in [-0.3, -0.25) is 0 Å². The molecule has 0 aliphatic rings. The number of aromatic nitrogens is 2. The summed E-state index contributed by atoms with van der Waals surface area (Å²) in [6, 6.07) is 0. The summed E-state index contributed by atoms with van der Waals surface area (Å²) in [7, 11) is 0. The lowest BCUT2D eigenvalue weighted by Crippen LogP contribution is -1.83. The number of rotatable bonds is 0. The lowest BCUT2D eigenvalue weighted by molar-refractivity contribution is 0.418. The fourth-order valence-corrected chi connectivity index (χ4v) is 0.440. The van der Waals surface area contributed by atoms with E-state index >= 15 is 0 Å². The van der Waals surface area contributed by atoms with E-state index in [-0.39, 0.29) is 0 Å². The number of hydrogen-bond donors (Lipinski definition) is 0. The minimum absolute atomic E-state index is 0.499. The van der Waals surface area contributed by atoms with Gasteiger partial charge in [-0.1, -0.05) is 0 Å². The van der Waals surface area contributed by atoms with Crippen LogP contribution in [0.15, 0.2) is 21.4 Å². The van der Waals surface area contributed by atoms with Crippen LogP contribution in [0.25, 0.3) is 0 Å². The predicted molar refractivity (Wildman–Crippen MR) is 33.7 cm³/mol. The van der Waals surface area contributed by atoms with Crippen LogP contribution in [-0.2, 0) is 0 Å². The fourth-order valence-electron chi connectivity index (χ4n) is 0.440. The van der Waals surface area contributed by atoms with Gasteiger partial charge < -0.3 is 8.83 Å². The quantitative estimate of drug-likeness (QED) is 0.546. The summed E-state index contributed by atoms with van der Waals surface area (Å²) in [5, 5.41) is 7.34. The average molecular weight is 140 g/mol. The maximum absolute atomic E-state index is 4.87. The molecule has 0 unspecified atom stereocenters. The van der Waals surface area contributed by atoms with Gasteiger partial charge in [0.05, 0.1) is 0 Å². The summed E-state index contributed by atoms with van der Waals surface area (Å²) in [5.74, 6) is 0.998. The number of hydrogen-bond acceptors (Lipinski definition) is 4. The molecule has 1 aromatic heterocycles. The van der Waals surface area contributed by atoms with Gasteiger partial charge in [0.25, 0.3) is 0 Å². The second-order valence-electron chi connectivity index (χ2n) is 1.75. The number of aryl methyl sites for hydroxylation is 2. The second kappa shape index (κ2) is 3.00. The van der Waals surface area contributed by atoms with Gasteiger partial charge in [-0.2, -0.15) is 0 Å². The highest BCUT2D eigenvalue weighted by Gasteiger charge is 1.82. The second-order valence-corrected chi connectivity index (χ2v) is 1.75. The van der Waals surface area contributed by atoms with Crippen LogP contribution < -0.4 is 0 Å². The monoisotopic (exact) mass is 140 g/mol. The molecule has 0 spiro atoms. The van der Waals surface area contributed by atoms with Crippen LogP contribution in [0.5, 0.6) is 0 Å². The van der Waals surface area contributed by atoms with Gasteiger partial charge in [-0.15, -0.1) is 10.2 Å². The van der Waals surface area contributed by atoms with Gasteiger partial charge in [0.15, 0.2) is 0 Å². The molecule has 0 fully saturated rings. The predicted octanol–water partition coefficient (Wildman–Crippen LogP) is 1.40. The van der Waals surface area contributed by atoms with Crippen molar-refractivity contribution in [2.24, 2.45) is 0 Å². The first-order chi connectivity index (χ1) is 4.79. The summed E-state index contributed by atoms with van der Waals surface area (Å²) in [6.45, 7) is 3.43. The first kappa shape index (κ1) is 6.80. The average Bonchev–Trinajstić information content (AvgIpc) is 1.90. The van der Waals surface area contributed by atoms with Crippen molar-refractivity contribution < 1.29 is 8.83 Å². The van der Waals surface area contributed by atoms with E-state index in [2.05, 4.69) is 10.2 Å². The molecule has 0 aromatic carbocycles. The summed E-state index contributed by atoms with van der Waals surface area (Å²) in [5.41, 5.74) is 0. The zero-order valence-corrected chi connectivity index (χ0v) is 5.87. The van der Waals surface area contributed by atoms with Crippen molar-refractivity contribution in [3.63, 3.8) is 0 Å². The van der Waals surface area contributed by atoms with Crippen LogP contribution in [0.4, 0.5) is 0 Å². The van der Waals surface area contributed by atoms with Gasteiger partial charge in [-0.25, -0.2) is 0 Å². The van der Waals surface area contributed by atoms with E-state index < -0.39 is 0 Å². The molecule has 0 N–H and O–H groups in total. The van der Waals surface area contributed by atoms with Gasteiger partial charge in [0.2, 0.25) is 11.8 Å². The fraction of sp³-hybridized carbons (Fsp3) is 0.333. The van der Waals surface area contributed by atoms with Crippen molar-refractivity contribution in [3.8, 4) is 0 Å². The molecule has 1 heterocycles. The van der Waals surface area contributed by atoms with Crippen LogP contribution in [0.1, 0.15) is 11.8 Å². The Balaban J connectivity index is 3.16. The minimum atomic E-state index is 0.499. The highest BCUT2D eigenvalue weighted by molar-refractivity contribution is 4.67. The molecule has 4 nitrogen and oxygen atoms in total. The Morgan fingerprint density at radius 1 is 1.00 bits per heavy atom. The Hall–Kier alpha value is -1.32. The van der Waals surface area contributed by atoms with Crippen molar-refractivity contribution in [2.45, 2.75) is 13.8 Å². The molecule has 0 bridgehead atoms. The van der Waals surface area contributed by atoms with Crippen LogP contribution in [0, 0.1) is 13.8 Å². The molecule has 0 amide bonds. The molecule has 0 radical (unpaired) electrons. The van der Waals surface area contributed by atoms with Crippen LogP contribution in [0.3, 0.4) is 0 Å². The molecule has 4 heteroatoms. The summed E-state index contributed by atoms with van der Waals surface area (Å²) in [6.07, 6.45) is 2.83. The molecule has 1 rings (SSSR count). The topological polar surface area (TPSA) is 52.1 Å². The van der Waals surface area contributed by atoms with Crippen LogP contribution in [-0.4, -0.2) is 10.2 Å². The summed E-state index contributed by atoms with van der Waals surface area (Å²) < 4.78 is 9.74. The first-order valence-electron chi connectivity index (χ1n) is 2.86. The van der Waals surface area contributed by atoms with Crippen molar-refractivity contribution in [1.29, 1.82) is 0 Å². The van der Waals surface area contributed by atoms with Gasteiger partial charge in [0, 0.05) is 13.8 Å². The molecule has 0 saturated heterocycles. The Bertz CT molecular complexity index is 224. The van der Waals surface area contributed by atoms with E-state index in [9.17, 15) is 0 Å². The zero-order valence-electron chi connectivity index (χ0n) is 5.87. The molecular weight excluding hydrogens is 132 g/mol. The Morgan fingerprint density at radius 3 is 1.80 bits per heavy atom. The Kier molecular flexibility index (Phi) is 2.04. The highest BCUT2D eigenvalue weighted by atomic mass is 16.4. The molecule has 0 saturated carbocycles. The maximum Gasteiger partial charge on any atom is 0.211 e. The molecular formula is C6H8N2O2. The van der Waals surface area contributed by atoms with Gasteiger partial charge in [0.1, 0.15) is 12.5 Å². The molecule has 0 atom stereocenters. The normalized spacial score (nSPS) is 9.00. The standard InChI is InChI=1S/C6H8N2O2/c1-5-7-8-6(2)10-4-3-9-5/h3-4H,1-2H3. The lowest BCUT2D eigenvalue weighted by Gasteiger charge is -1.85. The van der Waals surface area contributed by atoms with Crippen molar-refractivity contribution in [1.82, 2.24) is 10.2 Å². The van der Waals surface area contributed by atoms with E-state index in [4.69, 9.17) is 8.83 Å².